The number of unbranched alkanes of at least 4 members (excludes halogenated alkanes) is 24. The molecule has 0 unspecified atom stereocenters. The largest absolute Gasteiger partial charge is 0.391 e. The lowest BCUT2D eigenvalue weighted by Crippen LogP contribution is -2.39. The summed E-state index contributed by atoms with van der Waals surface area (Å²) in [5.74, 6) is -0.844. The van der Waals surface area contributed by atoms with Crippen LogP contribution in [0.2, 0.25) is 0 Å². The summed E-state index contributed by atoms with van der Waals surface area (Å²) in [6, 6.07) is 0. The standard InChI is InChI=1S/C44H76O3/c1-5-9-13-17-21-25-29-33-37-43(38-34-30-26-22-18-14-10-6-2)41(45)47-42(46)44(43,39-35-31-27-23-19-15-11-7-3)40-36-32-28-24-20-16-12-8-4/h33-40H,5-32H2,1-4H3. The zero-order valence-electron chi connectivity index (χ0n) is 31.6. The summed E-state index contributed by atoms with van der Waals surface area (Å²) in [6.07, 6.45) is 50.1. The van der Waals surface area contributed by atoms with Crippen LogP contribution in [0.3, 0.4) is 0 Å². The highest BCUT2D eigenvalue weighted by Gasteiger charge is 2.63. The molecule has 1 saturated heterocycles. The second-order valence-electron chi connectivity index (χ2n) is 14.3. The van der Waals surface area contributed by atoms with E-state index >= 15 is 0 Å². The predicted octanol–water partition coefficient (Wildman–Crippen LogP) is 14.3. The molecule has 47 heavy (non-hydrogen) atoms. The molecule has 0 aromatic rings. The minimum atomic E-state index is -1.14. The van der Waals surface area contributed by atoms with Crippen LogP contribution in [0, 0.1) is 10.8 Å². The van der Waals surface area contributed by atoms with Crippen molar-refractivity contribution in [2.24, 2.45) is 10.8 Å². The number of esters is 2. The van der Waals surface area contributed by atoms with Gasteiger partial charge in [-0.3, -0.25) is 9.59 Å². The Balaban J connectivity index is 3.26. The second-order valence-corrected chi connectivity index (χ2v) is 14.3. The molecule has 270 valence electrons. The van der Waals surface area contributed by atoms with Gasteiger partial charge in [-0.05, 0) is 51.4 Å². The lowest BCUT2D eigenvalue weighted by atomic mass is 9.63. The maximum absolute atomic E-state index is 13.9. The second kappa shape index (κ2) is 29.1. The van der Waals surface area contributed by atoms with E-state index in [0.717, 1.165) is 51.4 Å². The summed E-state index contributed by atoms with van der Waals surface area (Å²) in [5.41, 5.74) is -2.27. The first-order valence-electron chi connectivity index (χ1n) is 20.5. The van der Waals surface area contributed by atoms with Gasteiger partial charge < -0.3 is 4.74 Å². The highest BCUT2D eigenvalue weighted by atomic mass is 16.6. The molecule has 1 heterocycles. The van der Waals surface area contributed by atoms with Crippen LogP contribution in [-0.2, 0) is 14.3 Å². The topological polar surface area (TPSA) is 43.4 Å². The minimum Gasteiger partial charge on any atom is -0.391 e. The summed E-state index contributed by atoms with van der Waals surface area (Å²) in [7, 11) is 0. The van der Waals surface area contributed by atoms with Crippen LogP contribution in [0.1, 0.15) is 207 Å². The fourth-order valence-electron chi connectivity index (χ4n) is 6.77. The summed E-state index contributed by atoms with van der Waals surface area (Å²) >= 11 is 0. The van der Waals surface area contributed by atoms with E-state index in [-0.39, 0.29) is 0 Å². The van der Waals surface area contributed by atoms with Gasteiger partial charge in [-0.25, -0.2) is 0 Å². The van der Waals surface area contributed by atoms with Crippen molar-refractivity contribution in [1.82, 2.24) is 0 Å². The third-order valence-corrected chi connectivity index (χ3v) is 9.97. The van der Waals surface area contributed by atoms with E-state index in [1.54, 1.807) is 0 Å². The van der Waals surface area contributed by atoms with E-state index in [2.05, 4.69) is 52.0 Å². The van der Waals surface area contributed by atoms with Gasteiger partial charge >= 0.3 is 11.9 Å². The van der Waals surface area contributed by atoms with Gasteiger partial charge in [-0.2, -0.15) is 0 Å². The van der Waals surface area contributed by atoms with Crippen LogP contribution in [0.15, 0.2) is 48.6 Å². The van der Waals surface area contributed by atoms with Crippen molar-refractivity contribution in [3.8, 4) is 0 Å². The van der Waals surface area contributed by atoms with Crippen molar-refractivity contribution < 1.29 is 14.3 Å². The number of hydrogen-bond donors (Lipinski definition) is 0. The highest BCUT2D eigenvalue weighted by molar-refractivity contribution is 6.06. The lowest BCUT2D eigenvalue weighted by Gasteiger charge is -2.32. The molecule has 0 bridgehead atoms. The van der Waals surface area contributed by atoms with Gasteiger partial charge in [0.25, 0.3) is 0 Å². The first-order chi connectivity index (χ1) is 23.0. The summed E-state index contributed by atoms with van der Waals surface area (Å²) in [4.78, 5) is 27.7. The Kier molecular flexibility index (Phi) is 26.7. The van der Waals surface area contributed by atoms with Crippen LogP contribution >= 0.6 is 0 Å². The molecule has 1 fully saturated rings. The smallest absolute Gasteiger partial charge is 0.329 e. The van der Waals surface area contributed by atoms with Crippen molar-refractivity contribution in [3.63, 3.8) is 0 Å². The van der Waals surface area contributed by atoms with E-state index in [4.69, 9.17) is 4.74 Å². The monoisotopic (exact) mass is 653 g/mol. The molecule has 0 N–H and O–H groups in total. The molecule has 0 aromatic carbocycles. The van der Waals surface area contributed by atoms with E-state index in [0.29, 0.717) is 0 Å². The number of carbonyl (C=O) groups excluding carboxylic acids is 2. The first kappa shape index (κ1) is 43.1. The molecule has 3 heteroatoms. The molecular weight excluding hydrogens is 576 g/mol. The molecule has 0 aliphatic carbocycles. The maximum Gasteiger partial charge on any atom is 0.329 e. The Morgan fingerprint density at radius 2 is 0.574 bits per heavy atom. The normalized spacial score (nSPS) is 20.3. The molecule has 0 atom stereocenters. The molecule has 0 spiro atoms. The van der Waals surface area contributed by atoms with Gasteiger partial charge in [0.05, 0.1) is 0 Å². The van der Waals surface area contributed by atoms with Gasteiger partial charge in [0.15, 0.2) is 0 Å². The highest BCUT2D eigenvalue weighted by Crippen LogP contribution is 2.52. The number of cyclic esters (lactones) is 2. The zero-order chi connectivity index (χ0) is 34.3. The molecular formula is C44H76O3. The molecule has 0 aromatic heterocycles. The van der Waals surface area contributed by atoms with Crippen molar-refractivity contribution in [2.45, 2.75) is 207 Å². The lowest BCUT2D eigenvalue weighted by molar-refractivity contribution is -0.154. The Bertz CT molecular complexity index is 768. The average molecular weight is 653 g/mol. The summed E-state index contributed by atoms with van der Waals surface area (Å²) in [5, 5.41) is 0. The molecule has 3 nitrogen and oxygen atoms in total. The van der Waals surface area contributed by atoms with Gasteiger partial charge in [0, 0.05) is 0 Å². The zero-order valence-corrected chi connectivity index (χ0v) is 31.6. The molecule has 0 saturated carbocycles. The van der Waals surface area contributed by atoms with Crippen LogP contribution in [-0.4, -0.2) is 11.9 Å². The number of carbonyl (C=O) groups is 2. The van der Waals surface area contributed by atoms with Crippen LogP contribution in [0.5, 0.6) is 0 Å². The van der Waals surface area contributed by atoms with Gasteiger partial charge in [-0.15, -0.1) is 0 Å². The van der Waals surface area contributed by atoms with Crippen LogP contribution in [0.4, 0.5) is 0 Å². The Morgan fingerprint density at radius 3 is 0.809 bits per heavy atom. The molecule has 1 aliphatic rings. The molecule has 0 amide bonds. The fourth-order valence-corrected chi connectivity index (χ4v) is 6.77. The van der Waals surface area contributed by atoms with Crippen LogP contribution in [0.25, 0.3) is 0 Å². The van der Waals surface area contributed by atoms with Crippen LogP contribution < -0.4 is 0 Å². The third-order valence-electron chi connectivity index (χ3n) is 9.97. The molecule has 0 radical (unpaired) electrons. The number of hydrogen-bond acceptors (Lipinski definition) is 3. The quantitative estimate of drug-likeness (QED) is 0.0314. The third kappa shape index (κ3) is 17.4. The number of ether oxygens (including phenoxy) is 1. The fraction of sp³-hybridized carbons (Fsp3) is 0.773. The number of allylic oxidation sites excluding steroid dienone is 4. The van der Waals surface area contributed by atoms with E-state index < -0.39 is 22.8 Å². The molecule has 1 aliphatic heterocycles. The van der Waals surface area contributed by atoms with Crippen molar-refractivity contribution in [3.05, 3.63) is 48.6 Å². The Morgan fingerprint density at radius 1 is 0.362 bits per heavy atom. The SMILES string of the molecule is CCCCCCCCC=CC1(C=CCCCCCCCC)C(=O)OC(=O)C1(C=CCCCCCCCC)C=CCCCCCCCC. The predicted molar refractivity (Wildman–Crippen MR) is 204 cm³/mol. The first-order valence-corrected chi connectivity index (χ1v) is 20.5. The van der Waals surface area contributed by atoms with Crippen molar-refractivity contribution >= 4 is 11.9 Å². The van der Waals surface area contributed by atoms with Gasteiger partial charge in [0.2, 0.25) is 0 Å². The van der Waals surface area contributed by atoms with Crippen molar-refractivity contribution in [1.29, 1.82) is 0 Å². The van der Waals surface area contributed by atoms with E-state index in [9.17, 15) is 9.59 Å². The molecule has 1 rings (SSSR count). The number of rotatable bonds is 32. The van der Waals surface area contributed by atoms with Gasteiger partial charge in [-0.1, -0.05) is 205 Å². The van der Waals surface area contributed by atoms with E-state index in [1.165, 1.54) is 128 Å². The summed E-state index contributed by atoms with van der Waals surface area (Å²) in [6.45, 7) is 9.00. The summed E-state index contributed by atoms with van der Waals surface area (Å²) < 4.78 is 5.60. The van der Waals surface area contributed by atoms with Gasteiger partial charge in [0.1, 0.15) is 10.8 Å². The van der Waals surface area contributed by atoms with Crippen molar-refractivity contribution in [2.75, 3.05) is 0 Å². The van der Waals surface area contributed by atoms with E-state index in [1.807, 2.05) is 24.3 Å². The average Bonchev–Trinajstić information content (AvgIpc) is 3.26. The Labute approximate surface area is 292 Å². The maximum atomic E-state index is 13.9. The minimum absolute atomic E-state index is 0.422. The Hall–Kier alpha value is -1.90.